The van der Waals surface area contributed by atoms with E-state index in [-0.39, 0.29) is 11.9 Å². The van der Waals surface area contributed by atoms with E-state index >= 15 is 0 Å². The van der Waals surface area contributed by atoms with Crippen LogP contribution in [0.1, 0.15) is 32.3 Å². The smallest absolute Gasteiger partial charge is 0.220 e. The lowest BCUT2D eigenvalue weighted by Gasteiger charge is -2.15. The van der Waals surface area contributed by atoms with Gasteiger partial charge in [-0.15, -0.1) is 0 Å². The van der Waals surface area contributed by atoms with Crippen molar-refractivity contribution in [3.63, 3.8) is 0 Å². The molecule has 19 heavy (non-hydrogen) atoms. The van der Waals surface area contributed by atoms with Crippen LogP contribution >= 0.6 is 11.6 Å². The maximum atomic E-state index is 11.8. The van der Waals surface area contributed by atoms with E-state index in [0.29, 0.717) is 18.9 Å². The molecule has 0 bridgehead atoms. The van der Waals surface area contributed by atoms with E-state index in [4.69, 9.17) is 17.3 Å². The lowest BCUT2D eigenvalue weighted by Crippen LogP contribution is -2.34. The fraction of sp³-hybridized carbons (Fsp3) is 0.533. The van der Waals surface area contributed by atoms with Crippen LogP contribution < -0.4 is 11.1 Å². The molecule has 3 N–H and O–H groups in total. The van der Waals surface area contributed by atoms with Crippen LogP contribution in [0.25, 0.3) is 0 Å². The van der Waals surface area contributed by atoms with E-state index < -0.39 is 0 Å². The predicted octanol–water partition coefficient (Wildman–Crippen LogP) is 2.76. The third kappa shape index (κ3) is 6.60. The molecule has 0 aliphatic carbocycles. The zero-order valence-electron chi connectivity index (χ0n) is 11.7. The first kappa shape index (κ1) is 16.0. The summed E-state index contributed by atoms with van der Waals surface area (Å²) in [6.07, 6.45) is 2.17. The molecule has 0 heterocycles. The van der Waals surface area contributed by atoms with Gasteiger partial charge in [-0.3, -0.25) is 4.79 Å². The second kappa shape index (κ2) is 8.18. The van der Waals surface area contributed by atoms with Gasteiger partial charge in [-0.25, -0.2) is 0 Å². The molecule has 4 heteroatoms. The van der Waals surface area contributed by atoms with Gasteiger partial charge in [-0.05, 0) is 49.9 Å². The number of nitrogens with one attached hydrogen (secondary N) is 1. The van der Waals surface area contributed by atoms with Crippen molar-refractivity contribution >= 4 is 17.5 Å². The summed E-state index contributed by atoms with van der Waals surface area (Å²) < 4.78 is 0. The molecule has 0 spiro atoms. The Hall–Kier alpha value is -1.06. The highest BCUT2D eigenvalue weighted by Gasteiger charge is 2.09. The predicted molar refractivity (Wildman–Crippen MR) is 80.2 cm³/mol. The minimum Gasteiger partial charge on any atom is -0.353 e. The van der Waals surface area contributed by atoms with Gasteiger partial charge in [0.1, 0.15) is 0 Å². The van der Waals surface area contributed by atoms with Crippen LogP contribution in [0, 0.1) is 5.92 Å². The van der Waals surface area contributed by atoms with E-state index in [1.165, 1.54) is 0 Å². The van der Waals surface area contributed by atoms with Gasteiger partial charge in [0.15, 0.2) is 0 Å². The Morgan fingerprint density at radius 2 is 2.16 bits per heavy atom. The molecule has 1 aromatic rings. The Morgan fingerprint density at radius 1 is 1.42 bits per heavy atom. The maximum Gasteiger partial charge on any atom is 0.220 e. The molecule has 2 unspecified atom stereocenters. The van der Waals surface area contributed by atoms with Gasteiger partial charge in [0.2, 0.25) is 5.91 Å². The molecular weight excluding hydrogens is 260 g/mol. The normalized spacial score (nSPS) is 13.9. The highest BCUT2D eigenvalue weighted by molar-refractivity contribution is 6.30. The third-order valence-electron chi connectivity index (χ3n) is 3.10. The maximum absolute atomic E-state index is 11.8. The fourth-order valence-electron chi connectivity index (χ4n) is 1.91. The van der Waals surface area contributed by atoms with Crippen LogP contribution in [-0.2, 0) is 11.2 Å². The molecule has 3 nitrogen and oxygen atoms in total. The van der Waals surface area contributed by atoms with Crippen LogP contribution in [0.15, 0.2) is 24.3 Å². The van der Waals surface area contributed by atoms with Crippen LogP contribution in [0.5, 0.6) is 0 Å². The average molecular weight is 283 g/mol. The summed E-state index contributed by atoms with van der Waals surface area (Å²) in [5, 5.41) is 3.73. The molecule has 1 aromatic carbocycles. The Labute approximate surface area is 120 Å². The topological polar surface area (TPSA) is 55.1 Å². The molecule has 0 radical (unpaired) electrons. The van der Waals surface area contributed by atoms with Gasteiger partial charge in [0.25, 0.3) is 0 Å². The van der Waals surface area contributed by atoms with Crippen LogP contribution in [0.3, 0.4) is 0 Å². The van der Waals surface area contributed by atoms with Gasteiger partial charge in [-0.1, -0.05) is 30.7 Å². The number of halogens is 1. The van der Waals surface area contributed by atoms with Gasteiger partial charge in [0, 0.05) is 17.5 Å². The standard InChI is InChI=1S/C15H23ClN2O/c1-11(10-17)6-7-15(19)18-12(2)8-13-4-3-5-14(16)9-13/h3-5,9,11-12H,6-8,10,17H2,1-2H3,(H,18,19). The average Bonchev–Trinajstić information content (AvgIpc) is 2.35. The Balaban J connectivity index is 2.34. The molecule has 0 aliphatic rings. The number of rotatable bonds is 7. The van der Waals surface area contributed by atoms with Crippen molar-refractivity contribution in [2.45, 2.75) is 39.2 Å². The highest BCUT2D eigenvalue weighted by atomic mass is 35.5. The summed E-state index contributed by atoms with van der Waals surface area (Å²) in [7, 11) is 0. The lowest BCUT2D eigenvalue weighted by atomic mass is 10.0. The van der Waals surface area contributed by atoms with Crippen molar-refractivity contribution < 1.29 is 4.79 Å². The minimum atomic E-state index is 0.0924. The molecule has 1 amide bonds. The number of carbonyl (C=O) groups is 1. The molecule has 0 saturated carbocycles. The second-order valence-electron chi connectivity index (χ2n) is 5.18. The molecule has 0 aromatic heterocycles. The van der Waals surface area contributed by atoms with Crippen molar-refractivity contribution in [2.24, 2.45) is 11.7 Å². The largest absolute Gasteiger partial charge is 0.353 e. The van der Waals surface area contributed by atoms with E-state index in [1.54, 1.807) is 0 Å². The molecular formula is C15H23ClN2O. The Bertz CT molecular complexity index is 409. The van der Waals surface area contributed by atoms with E-state index in [1.807, 2.05) is 31.2 Å². The third-order valence-corrected chi connectivity index (χ3v) is 3.34. The summed E-state index contributed by atoms with van der Waals surface area (Å²) >= 11 is 5.94. The highest BCUT2D eigenvalue weighted by Crippen LogP contribution is 2.12. The van der Waals surface area contributed by atoms with E-state index in [0.717, 1.165) is 23.4 Å². The number of hydrogen-bond donors (Lipinski definition) is 2. The SMILES string of the molecule is CC(CN)CCC(=O)NC(C)Cc1cccc(Cl)c1. The number of nitrogens with two attached hydrogens (primary N) is 1. The molecule has 0 fully saturated rings. The van der Waals surface area contributed by atoms with Crippen molar-refractivity contribution in [3.8, 4) is 0 Å². The summed E-state index contributed by atoms with van der Waals surface area (Å²) in [6, 6.07) is 7.84. The second-order valence-corrected chi connectivity index (χ2v) is 5.62. The van der Waals surface area contributed by atoms with E-state index in [2.05, 4.69) is 12.2 Å². The Morgan fingerprint density at radius 3 is 2.79 bits per heavy atom. The van der Waals surface area contributed by atoms with Gasteiger partial charge in [-0.2, -0.15) is 0 Å². The van der Waals surface area contributed by atoms with Crippen molar-refractivity contribution in [3.05, 3.63) is 34.9 Å². The van der Waals surface area contributed by atoms with Crippen LogP contribution in [-0.4, -0.2) is 18.5 Å². The van der Waals surface area contributed by atoms with Crippen LogP contribution in [0.4, 0.5) is 0 Å². The molecule has 106 valence electrons. The van der Waals surface area contributed by atoms with Gasteiger partial charge < -0.3 is 11.1 Å². The van der Waals surface area contributed by atoms with Crippen LogP contribution in [0.2, 0.25) is 5.02 Å². The first-order chi connectivity index (χ1) is 9.01. The number of amides is 1. The van der Waals surface area contributed by atoms with E-state index in [9.17, 15) is 4.79 Å². The molecule has 1 rings (SSSR count). The Kier molecular flexibility index (Phi) is 6.89. The first-order valence-corrected chi connectivity index (χ1v) is 7.13. The van der Waals surface area contributed by atoms with Crippen molar-refractivity contribution in [1.29, 1.82) is 0 Å². The monoisotopic (exact) mass is 282 g/mol. The summed E-state index contributed by atoms with van der Waals surface area (Å²) in [5.41, 5.74) is 6.67. The lowest BCUT2D eigenvalue weighted by molar-refractivity contribution is -0.121. The number of carbonyl (C=O) groups excluding carboxylic acids is 1. The van der Waals surface area contributed by atoms with Gasteiger partial charge >= 0.3 is 0 Å². The summed E-state index contributed by atoms with van der Waals surface area (Å²) in [5.74, 6) is 0.490. The molecule has 2 atom stereocenters. The number of hydrogen-bond acceptors (Lipinski definition) is 2. The molecule has 0 saturated heterocycles. The van der Waals surface area contributed by atoms with Crippen molar-refractivity contribution in [1.82, 2.24) is 5.32 Å². The summed E-state index contributed by atoms with van der Waals surface area (Å²) in [4.78, 5) is 11.8. The fourth-order valence-corrected chi connectivity index (χ4v) is 2.12. The van der Waals surface area contributed by atoms with Crippen molar-refractivity contribution in [2.75, 3.05) is 6.54 Å². The minimum absolute atomic E-state index is 0.0924. The van der Waals surface area contributed by atoms with Gasteiger partial charge in [0.05, 0.1) is 0 Å². The quantitative estimate of drug-likeness (QED) is 0.808. The summed E-state index contributed by atoms with van der Waals surface area (Å²) in [6.45, 7) is 4.69. The molecule has 0 aliphatic heterocycles. The zero-order chi connectivity index (χ0) is 14.3. The zero-order valence-corrected chi connectivity index (χ0v) is 12.4. The number of benzene rings is 1. The first-order valence-electron chi connectivity index (χ1n) is 6.75.